The number of fused-ring (bicyclic) bond motifs is 1. The van der Waals surface area contributed by atoms with Gasteiger partial charge in [0.2, 0.25) is 0 Å². The van der Waals surface area contributed by atoms with Crippen LogP contribution in [0.15, 0.2) is 47.7 Å². The number of aromatic nitrogens is 3. The maximum absolute atomic E-state index is 12.8. The van der Waals surface area contributed by atoms with E-state index in [0.717, 1.165) is 24.3 Å². The Balaban J connectivity index is 0.00000210. The highest BCUT2D eigenvalue weighted by molar-refractivity contribution is 5.85. The first kappa shape index (κ1) is 19.6. The lowest BCUT2D eigenvalue weighted by molar-refractivity contribution is -0.00627. The van der Waals surface area contributed by atoms with E-state index in [2.05, 4.69) is 10.3 Å². The van der Waals surface area contributed by atoms with Crippen LogP contribution < -0.4 is 10.9 Å². The molecule has 1 aromatic carbocycles. The van der Waals surface area contributed by atoms with Crippen molar-refractivity contribution in [3.63, 3.8) is 0 Å². The van der Waals surface area contributed by atoms with Gasteiger partial charge in [0, 0.05) is 11.9 Å². The summed E-state index contributed by atoms with van der Waals surface area (Å²) in [6.07, 6.45) is 4.57. The second kappa shape index (κ2) is 7.82. The molecule has 0 aliphatic carbocycles. The van der Waals surface area contributed by atoms with Gasteiger partial charge in [-0.1, -0.05) is 12.1 Å². The predicted octanol–water partition coefficient (Wildman–Crippen LogP) is 1.22. The largest absolute Gasteiger partial charge is 0.392 e. The summed E-state index contributed by atoms with van der Waals surface area (Å²) in [6.45, 7) is 1.75. The first-order valence-electron chi connectivity index (χ1n) is 8.79. The van der Waals surface area contributed by atoms with Gasteiger partial charge < -0.3 is 20.1 Å². The molecule has 1 aliphatic rings. The third-order valence-corrected chi connectivity index (χ3v) is 5.07. The van der Waals surface area contributed by atoms with Crippen molar-refractivity contribution in [3.05, 3.63) is 58.8 Å². The van der Waals surface area contributed by atoms with Crippen molar-refractivity contribution in [2.75, 3.05) is 13.1 Å². The highest BCUT2D eigenvalue weighted by Gasteiger charge is 2.30. The average Bonchev–Trinajstić information content (AvgIpc) is 3.09. The molecule has 1 saturated heterocycles. The van der Waals surface area contributed by atoms with E-state index in [1.54, 1.807) is 6.07 Å². The molecule has 4 rings (SSSR count). The van der Waals surface area contributed by atoms with E-state index in [0.29, 0.717) is 23.9 Å². The number of aliphatic hydroxyl groups excluding tert-OH is 1. The van der Waals surface area contributed by atoms with E-state index in [9.17, 15) is 9.90 Å². The van der Waals surface area contributed by atoms with E-state index < -0.39 is 5.60 Å². The number of halogens is 1. The first-order valence-corrected chi connectivity index (χ1v) is 8.79. The normalized spacial score (nSPS) is 16.2. The molecule has 1 aliphatic heterocycles. The van der Waals surface area contributed by atoms with E-state index in [1.807, 2.05) is 35.0 Å². The number of rotatable bonds is 4. The summed E-state index contributed by atoms with van der Waals surface area (Å²) in [5.74, 6) is 0. The molecule has 7 nitrogen and oxygen atoms in total. The zero-order valence-corrected chi connectivity index (χ0v) is 15.7. The fourth-order valence-corrected chi connectivity index (χ4v) is 3.50. The molecule has 0 bridgehead atoms. The Bertz CT molecular complexity index is 975. The van der Waals surface area contributed by atoms with Crippen LogP contribution in [0.1, 0.15) is 18.4 Å². The maximum atomic E-state index is 12.8. The maximum Gasteiger partial charge on any atom is 0.262 e. The zero-order chi connectivity index (χ0) is 18.1. The van der Waals surface area contributed by atoms with E-state index in [4.69, 9.17) is 5.11 Å². The van der Waals surface area contributed by atoms with Crippen LogP contribution in [0.3, 0.4) is 0 Å². The number of piperidine rings is 1. The molecule has 27 heavy (non-hydrogen) atoms. The molecule has 3 N–H and O–H groups in total. The Kier molecular flexibility index (Phi) is 5.67. The number of benzene rings is 1. The Morgan fingerprint density at radius 1 is 1.15 bits per heavy atom. The number of nitrogens with one attached hydrogen (secondary N) is 1. The summed E-state index contributed by atoms with van der Waals surface area (Å²) in [6, 6.07) is 9.21. The van der Waals surface area contributed by atoms with Gasteiger partial charge in [-0.3, -0.25) is 9.36 Å². The molecule has 0 saturated carbocycles. The summed E-state index contributed by atoms with van der Waals surface area (Å²) in [5.41, 5.74) is 1.27. The lowest BCUT2D eigenvalue weighted by Gasteiger charge is -2.32. The van der Waals surface area contributed by atoms with E-state index in [1.165, 1.54) is 10.9 Å². The fourth-order valence-electron chi connectivity index (χ4n) is 3.50. The standard InChI is InChI=1S/C19H22N4O3.ClH/c24-11-14-1-3-15(4-2-14)23-10-5-16-17(23)21-13-22(18(16)25)12-19(26)6-8-20-9-7-19;/h1-5,10,13,20,24,26H,6-9,11-12H2;1H. The minimum atomic E-state index is -0.868. The van der Waals surface area contributed by atoms with Crippen LogP contribution in [0, 0.1) is 0 Å². The first-order chi connectivity index (χ1) is 12.6. The van der Waals surface area contributed by atoms with Crippen molar-refractivity contribution >= 4 is 23.4 Å². The van der Waals surface area contributed by atoms with Crippen molar-refractivity contribution < 1.29 is 10.2 Å². The minimum Gasteiger partial charge on any atom is -0.392 e. The Labute approximate surface area is 162 Å². The van der Waals surface area contributed by atoms with Crippen LogP contribution in [0.25, 0.3) is 16.7 Å². The van der Waals surface area contributed by atoms with Gasteiger partial charge in [-0.2, -0.15) is 0 Å². The Morgan fingerprint density at radius 3 is 2.52 bits per heavy atom. The minimum absolute atomic E-state index is 0. The zero-order valence-electron chi connectivity index (χ0n) is 14.8. The van der Waals surface area contributed by atoms with Crippen LogP contribution in [-0.2, 0) is 13.2 Å². The van der Waals surface area contributed by atoms with Gasteiger partial charge in [0.1, 0.15) is 6.33 Å². The Morgan fingerprint density at radius 2 is 1.85 bits per heavy atom. The molecule has 0 unspecified atom stereocenters. The Hall–Kier alpha value is -2.19. The van der Waals surface area contributed by atoms with Crippen molar-refractivity contribution in [2.45, 2.75) is 31.6 Å². The highest BCUT2D eigenvalue weighted by Crippen LogP contribution is 2.21. The second-order valence-corrected chi connectivity index (χ2v) is 6.90. The third kappa shape index (κ3) is 3.77. The van der Waals surface area contributed by atoms with Crippen molar-refractivity contribution in [2.24, 2.45) is 0 Å². The fraction of sp³-hybridized carbons (Fsp3) is 0.368. The molecule has 1 fully saturated rings. The van der Waals surface area contributed by atoms with Gasteiger partial charge >= 0.3 is 0 Å². The molecule has 144 valence electrons. The number of nitrogens with zero attached hydrogens (tertiary/aromatic N) is 3. The lowest BCUT2D eigenvalue weighted by Crippen LogP contribution is -2.46. The number of hydrogen-bond acceptors (Lipinski definition) is 5. The van der Waals surface area contributed by atoms with Crippen LogP contribution >= 0.6 is 12.4 Å². The number of aliphatic hydroxyl groups is 2. The summed E-state index contributed by atoms with van der Waals surface area (Å²) >= 11 is 0. The molecule has 0 atom stereocenters. The van der Waals surface area contributed by atoms with Gasteiger partial charge in [0.25, 0.3) is 5.56 Å². The molecule has 0 radical (unpaired) electrons. The van der Waals surface area contributed by atoms with Gasteiger partial charge in [-0.15, -0.1) is 12.4 Å². The predicted molar refractivity (Wildman–Crippen MR) is 106 cm³/mol. The van der Waals surface area contributed by atoms with Crippen LogP contribution in [0.4, 0.5) is 0 Å². The molecule has 8 heteroatoms. The monoisotopic (exact) mass is 390 g/mol. The second-order valence-electron chi connectivity index (χ2n) is 6.90. The summed E-state index contributed by atoms with van der Waals surface area (Å²) in [5, 5.41) is 23.6. The van der Waals surface area contributed by atoms with Gasteiger partial charge in [0.05, 0.1) is 24.1 Å². The molecule has 2 aromatic heterocycles. The van der Waals surface area contributed by atoms with Gasteiger partial charge in [-0.05, 0) is 49.7 Å². The number of hydrogen-bond donors (Lipinski definition) is 3. The molecule has 3 heterocycles. The van der Waals surface area contributed by atoms with Crippen LogP contribution in [0.2, 0.25) is 0 Å². The third-order valence-electron chi connectivity index (χ3n) is 5.07. The summed E-state index contributed by atoms with van der Waals surface area (Å²) in [4.78, 5) is 17.3. The topological polar surface area (TPSA) is 92.3 Å². The van der Waals surface area contributed by atoms with E-state index >= 15 is 0 Å². The van der Waals surface area contributed by atoms with Crippen molar-refractivity contribution in [3.8, 4) is 5.69 Å². The molecule has 3 aromatic rings. The van der Waals surface area contributed by atoms with Crippen LogP contribution in [-0.4, -0.2) is 43.0 Å². The molecular formula is C19H23ClN4O3. The lowest BCUT2D eigenvalue weighted by atomic mass is 9.92. The summed E-state index contributed by atoms with van der Waals surface area (Å²) < 4.78 is 3.36. The molecule has 0 spiro atoms. The van der Waals surface area contributed by atoms with Crippen molar-refractivity contribution in [1.82, 2.24) is 19.4 Å². The quantitative estimate of drug-likeness (QED) is 0.623. The highest BCUT2D eigenvalue weighted by atomic mass is 35.5. The van der Waals surface area contributed by atoms with E-state index in [-0.39, 0.29) is 31.1 Å². The molecule has 0 amide bonds. The van der Waals surface area contributed by atoms with Crippen LogP contribution in [0.5, 0.6) is 0 Å². The molecular weight excluding hydrogens is 368 g/mol. The van der Waals surface area contributed by atoms with Crippen molar-refractivity contribution in [1.29, 1.82) is 0 Å². The van der Waals surface area contributed by atoms with Gasteiger partial charge in [-0.25, -0.2) is 4.98 Å². The smallest absolute Gasteiger partial charge is 0.262 e. The van der Waals surface area contributed by atoms with Gasteiger partial charge in [0.15, 0.2) is 5.65 Å². The summed E-state index contributed by atoms with van der Waals surface area (Å²) in [7, 11) is 0. The SMILES string of the molecule is Cl.O=c1c2ccn(-c3ccc(CO)cc3)c2ncn1CC1(O)CCNCC1. The average molecular weight is 391 g/mol.